The molecular formula is C13H18F2N2O2S. The molecule has 3 N–H and O–H groups in total. The molecule has 1 aromatic rings. The van der Waals surface area contributed by atoms with Gasteiger partial charge in [-0.05, 0) is 25.0 Å². The average Bonchev–Trinajstić information content (AvgIpc) is 2.33. The third kappa shape index (κ3) is 4.00. The first-order valence-electron chi connectivity index (χ1n) is 6.16. The maximum atomic E-state index is 13.7. The molecule has 0 heterocycles. The molecule has 4 nitrogen and oxygen atoms in total. The SMILES string of the molecule is CC(C)CNC(=O)C(C)S(=O)c1c(F)cc(N)cc1F. The number of anilines is 1. The standard InChI is InChI=1S/C13H18F2N2O2S/c1-7(2)6-17-13(18)8(3)20(19)12-10(14)4-9(16)5-11(12)15/h4-5,7-8H,6,16H2,1-3H3,(H,17,18). The number of hydrogen-bond donors (Lipinski definition) is 2. The fourth-order valence-electron chi connectivity index (χ4n) is 1.49. The number of nitrogens with two attached hydrogens (primary N) is 1. The van der Waals surface area contributed by atoms with Crippen molar-refractivity contribution in [2.24, 2.45) is 5.92 Å². The van der Waals surface area contributed by atoms with Crippen LogP contribution in [-0.2, 0) is 15.6 Å². The number of halogens is 2. The molecule has 0 saturated heterocycles. The van der Waals surface area contributed by atoms with Crippen LogP contribution in [0.2, 0.25) is 0 Å². The number of nitrogen functional groups attached to an aromatic ring is 1. The summed E-state index contributed by atoms with van der Waals surface area (Å²) in [5.41, 5.74) is 5.19. The lowest BCUT2D eigenvalue weighted by Gasteiger charge is -2.14. The van der Waals surface area contributed by atoms with Gasteiger partial charge in [0, 0.05) is 12.2 Å². The monoisotopic (exact) mass is 304 g/mol. The fraction of sp³-hybridized carbons (Fsp3) is 0.462. The number of amides is 1. The van der Waals surface area contributed by atoms with E-state index in [1.165, 1.54) is 6.92 Å². The first-order chi connectivity index (χ1) is 9.23. The van der Waals surface area contributed by atoms with Crippen molar-refractivity contribution in [3.63, 3.8) is 0 Å². The van der Waals surface area contributed by atoms with Crippen LogP contribution in [0.15, 0.2) is 17.0 Å². The van der Waals surface area contributed by atoms with Crippen molar-refractivity contribution in [1.29, 1.82) is 0 Å². The Balaban J connectivity index is 2.92. The second kappa shape index (κ2) is 6.78. The average molecular weight is 304 g/mol. The molecule has 1 rings (SSSR count). The van der Waals surface area contributed by atoms with Crippen molar-refractivity contribution in [3.8, 4) is 0 Å². The molecule has 7 heteroatoms. The Morgan fingerprint density at radius 1 is 1.30 bits per heavy atom. The summed E-state index contributed by atoms with van der Waals surface area (Å²) in [6.07, 6.45) is 0. The molecule has 0 aromatic heterocycles. The van der Waals surface area contributed by atoms with Crippen molar-refractivity contribution in [2.45, 2.75) is 30.9 Å². The van der Waals surface area contributed by atoms with E-state index in [2.05, 4.69) is 5.32 Å². The molecule has 2 unspecified atom stereocenters. The van der Waals surface area contributed by atoms with Gasteiger partial charge in [0.15, 0.2) is 0 Å². The highest BCUT2D eigenvalue weighted by Gasteiger charge is 2.26. The second-order valence-corrected chi connectivity index (χ2v) is 6.60. The summed E-state index contributed by atoms with van der Waals surface area (Å²) in [7, 11) is -2.12. The van der Waals surface area contributed by atoms with Gasteiger partial charge in [-0.3, -0.25) is 9.00 Å². The van der Waals surface area contributed by atoms with Crippen LogP contribution in [0.4, 0.5) is 14.5 Å². The predicted octanol–water partition coefficient (Wildman–Crippen LogP) is 1.82. The number of benzene rings is 1. The van der Waals surface area contributed by atoms with Gasteiger partial charge in [0.25, 0.3) is 0 Å². The van der Waals surface area contributed by atoms with Gasteiger partial charge in [0.2, 0.25) is 5.91 Å². The fourth-order valence-corrected chi connectivity index (χ4v) is 2.63. The van der Waals surface area contributed by atoms with Crippen LogP contribution in [-0.4, -0.2) is 21.9 Å². The molecule has 2 atom stereocenters. The summed E-state index contributed by atoms with van der Waals surface area (Å²) in [5.74, 6) is -2.30. The molecule has 0 saturated carbocycles. The van der Waals surface area contributed by atoms with Crippen LogP contribution in [0.1, 0.15) is 20.8 Å². The van der Waals surface area contributed by atoms with Gasteiger partial charge in [-0.15, -0.1) is 0 Å². The van der Waals surface area contributed by atoms with E-state index in [1.54, 1.807) is 0 Å². The normalized spacial score (nSPS) is 14.1. The van der Waals surface area contributed by atoms with E-state index >= 15 is 0 Å². The third-order valence-electron chi connectivity index (χ3n) is 2.60. The highest BCUT2D eigenvalue weighted by atomic mass is 32.2. The second-order valence-electron chi connectivity index (χ2n) is 4.89. The molecule has 0 fully saturated rings. The minimum Gasteiger partial charge on any atom is -0.399 e. The van der Waals surface area contributed by atoms with Crippen LogP contribution < -0.4 is 11.1 Å². The van der Waals surface area contributed by atoms with E-state index in [-0.39, 0.29) is 11.6 Å². The molecule has 0 spiro atoms. The first kappa shape index (κ1) is 16.6. The van der Waals surface area contributed by atoms with Crippen LogP contribution in [0.3, 0.4) is 0 Å². The van der Waals surface area contributed by atoms with Crippen molar-refractivity contribution in [2.75, 3.05) is 12.3 Å². The Kier molecular flexibility index (Phi) is 5.62. The first-order valence-corrected chi connectivity index (χ1v) is 7.38. The van der Waals surface area contributed by atoms with Gasteiger partial charge in [0.1, 0.15) is 21.8 Å². The summed E-state index contributed by atoms with van der Waals surface area (Å²) < 4.78 is 39.4. The zero-order valence-electron chi connectivity index (χ0n) is 11.6. The van der Waals surface area contributed by atoms with Gasteiger partial charge in [-0.2, -0.15) is 0 Å². The van der Waals surface area contributed by atoms with Crippen molar-refractivity contribution in [3.05, 3.63) is 23.8 Å². The van der Waals surface area contributed by atoms with Crippen molar-refractivity contribution < 1.29 is 17.8 Å². The zero-order chi connectivity index (χ0) is 15.4. The van der Waals surface area contributed by atoms with Crippen LogP contribution in [0.25, 0.3) is 0 Å². The molecule has 1 amide bonds. The largest absolute Gasteiger partial charge is 0.399 e. The Morgan fingerprint density at radius 3 is 2.25 bits per heavy atom. The number of carbonyl (C=O) groups excluding carboxylic acids is 1. The maximum absolute atomic E-state index is 13.7. The van der Waals surface area contributed by atoms with Gasteiger partial charge in [-0.1, -0.05) is 13.8 Å². The van der Waals surface area contributed by atoms with Crippen molar-refractivity contribution >= 4 is 22.4 Å². The van der Waals surface area contributed by atoms with Crippen molar-refractivity contribution in [1.82, 2.24) is 5.32 Å². The minimum atomic E-state index is -2.12. The topological polar surface area (TPSA) is 72.2 Å². The molecule has 0 aliphatic heterocycles. The lowest BCUT2D eigenvalue weighted by atomic mass is 10.2. The zero-order valence-corrected chi connectivity index (χ0v) is 12.4. The third-order valence-corrected chi connectivity index (χ3v) is 4.25. The predicted molar refractivity (Wildman–Crippen MR) is 74.5 cm³/mol. The highest BCUT2D eigenvalue weighted by molar-refractivity contribution is 7.86. The van der Waals surface area contributed by atoms with Gasteiger partial charge < -0.3 is 11.1 Å². The lowest BCUT2D eigenvalue weighted by molar-refractivity contribution is -0.120. The Labute approximate surface area is 119 Å². The Morgan fingerprint density at radius 2 is 1.80 bits per heavy atom. The highest BCUT2D eigenvalue weighted by Crippen LogP contribution is 2.22. The smallest absolute Gasteiger partial charge is 0.235 e. The van der Waals surface area contributed by atoms with Gasteiger partial charge in [0.05, 0.1) is 10.8 Å². The quantitative estimate of drug-likeness (QED) is 0.815. The molecule has 1 aromatic carbocycles. The number of hydrogen-bond acceptors (Lipinski definition) is 3. The van der Waals surface area contributed by atoms with E-state index in [4.69, 9.17) is 5.73 Å². The van der Waals surface area contributed by atoms with Crippen LogP contribution in [0.5, 0.6) is 0 Å². The molecule has 20 heavy (non-hydrogen) atoms. The van der Waals surface area contributed by atoms with Gasteiger partial charge in [-0.25, -0.2) is 8.78 Å². The van der Waals surface area contributed by atoms with E-state index in [9.17, 15) is 17.8 Å². The van der Waals surface area contributed by atoms with Crippen LogP contribution in [0, 0.1) is 17.6 Å². The Hall–Kier alpha value is -1.50. The molecule has 0 bridgehead atoms. The molecular weight excluding hydrogens is 286 g/mol. The number of nitrogens with one attached hydrogen (secondary N) is 1. The summed E-state index contributed by atoms with van der Waals surface area (Å²) in [5, 5.41) is 1.53. The Bertz CT molecular complexity index is 512. The van der Waals surface area contributed by atoms with E-state index in [1.807, 2.05) is 13.8 Å². The maximum Gasteiger partial charge on any atom is 0.235 e. The minimum absolute atomic E-state index is 0.0994. The van der Waals surface area contributed by atoms with E-state index in [0.29, 0.717) is 6.54 Å². The van der Waals surface area contributed by atoms with Crippen LogP contribution >= 0.6 is 0 Å². The molecule has 0 radical (unpaired) electrons. The number of carbonyl (C=O) groups is 1. The molecule has 0 aliphatic carbocycles. The summed E-state index contributed by atoms with van der Waals surface area (Å²) >= 11 is 0. The van der Waals surface area contributed by atoms with E-state index in [0.717, 1.165) is 12.1 Å². The number of rotatable bonds is 5. The lowest BCUT2D eigenvalue weighted by Crippen LogP contribution is -2.37. The van der Waals surface area contributed by atoms with Gasteiger partial charge >= 0.3 is 0 Å². The summed E-state index contributed by atoms with van der Waals surface area (Å²) in [6, 6.07) is 1.77. The summed E-state index contributed by atoms with van der Waals surface area (Å²) in [4.78, 5) is 11.2. The molecule has 0 aliphatic rings. The summed E-state index contributed by atoms with van der Waals surface area (Å²) in [6.45, 7) is 5.58. The van der Waals surface area contributed by atoms with E-state index < -0.39 is 38.5 Å². The molecule has 112 valence electrons.